The van der Waals surface area contributed by atoms with Crippen LogP contribution in [0.4, 0.5) is 0 Å². The third kappa shape index (κ3) is 3.02. The van der Waals surface area contributed by atoms with Crippen molar-refractivity contribution in [1.82, 2.24) is 9.80 Å². The van der Waals surface area contributed by atoms with Crippen molar-refractivity contribution < 1.29 is 9.59 Å². The average molecular weight is 212 g/mol. The summed E-state index contributed by atoms with van der Waals surface area (Å²) in [5.41, 5.74) is 0. The summed E-state index contributed by atoms with van der Waals surface area (Å²) in [4.78, 5) is 27.0. The largest absolute Gasteiger partial charge is 0.338 e. The minimum Gasteiger partial charge on any atom is -0.338 e. The highest BCUT2D eigenvalue weighted by Gasteiger charge is 2.31. The van der Waals surface area contributed by atoms with Gasteiger partial charge in [-0.05, 0) is 21.0 Å². The highest BCUT2D eigenvalue weighted by atomic mass is 16.2. The maximum atomic E-state index is 11.8. The Bertz CT molecular complexity index is 263. The van der Waals surface area contributed by atoms with Gasteiger partial charge in [0.1, 0.15) is 5.78 Å². The molecule has 4 heteroatoms. The normalized spacial score (nSPS) is 27.3. The van der Waals surface area contributed by atoms with Gasteiger partial charge in [0.25, 0.3) is 0 Å². The lowest BCUT2D eigenvalue weighted by molar-refractivity contribution is -0.140. The van der Waals surface area contributed by atoms with Crippen LogP contribution in [0.15, 0.2) is 0 Å². The van der Waals surface area contributed by atoms with E-state index in [0.717, 1.165) is 0 Å². The Morgan fingerprint density at radius 3 is 2.60 bits per heavy atom. The number of rotatable bonds is 2. The van der Waals surface area contributed by atoms with Crippen LogP contribution in [0.3, 0.4) is 0 Å². The number of ketones is 1. The molecule has 1 aliphatic heterocycles. The van der Waals surface area contributed by atoms with Crippen LogP contribution in [0, 0.1) is 5.92 Å². The first-order valence-corrected chi connectivity index (χ1v) is 5.38. The molecular formula is C11H20N2O2. The van der Waals surface area contributed by atoms with Gasteiger partial charge in [-0.15, -0.1) is 0 Å². The number of hydrogen-bond acceptors (Lipinski definition) is 3. The van der Waals surface area contributed by atoms with Crippen molar-refractivity contribution in [2.24, 2.45) is 5.92 Å². The van der Waals surface area contributed by atoms with Crippen LogP contribution in [0.2, 0.25) is 0 Å². The molecular weight excluding hydrogens is 192 g/mol. The zero-order valence-electron chi connectivity index (χ0n) is 9.99. The van der Waals surface area contributed by atoms with E-state index in [0.29, 0.717) is 19.5 Å². The van der Waals surface area contributed by atoms with Crippen LogP contribution in [0.25, 0.3) is 0 Å². The van der Waals surface area contributed by atoms with E-state index in [1.165, 1.54) is 0 Å². The van der Waals surface area contributed by atoms with Gasteiger partial charge in [0.05, 0.1) is 6.54 Å². The Morgan fingerprint density at radius 2 is 2.07 bits per heavy atom. The standard InChI is InChI=1S/C11H20N2O2/c1-8-6-13(9(2)5-10(8)14)11(15)7-12(3)4/h8-9H,5-7H2,1-4H3. The molecule has 0 aromatic rings. The first kappa shape index (κ1) is 12.2. The third-order valence-electron chi connectivity index (χ3n) is 2.82. The lowest BCUT2D eigenvalue weighted by Gasteiger charge is -2.36. The van der Waals surface area contributed by atoms with Gasteiger partial charge < -0.3 is 9.80 Å². The van der Waals surface area contributed by atoms with Crippen LogP contribution in [0.1, 0.15) is 20.3 Å². The molecule has 15 heavy (non-hydrogen) atoms. The van der Waals surface area contributed by atoms with Crippen LogP contribution in [-0.2, 0) is 9.59 Å². The number of hydrogen-bond donors (Lipinski definition) is 0. The van der Waals surface area contributed by atoms with Crippen LogP contribution >= 0.6 is 0 Å². The highest BCUT2D eigenvalue weighted by Crippen LogP contribution is 2.18. The first-order valence-electron chi connectivity index (χ1n) is 5.38. The predicted molar refractivity (Wildman–Crippen MR) is 58.5 cm³/mol. The maximum Gasteiger partial charge on any atom is 0.237 e. The van der Waals surface area contributed by atoms with Crippen LogP contribution in [0.5, 0.6) is 0 Å². The third-order valence-corrected chi connectivity index (χ3v) is 2.82. The van der Waals surface area contributed by atoms with E-state index in [9.17, 15) is 9.59 Å². The topological polar surface area (TPSA) is 40.6 Å². The van der Waals surface area contributed by atoms with Crippen molar-refractivity contribution in [2.45, 2.75) is 26.3 Å². The Labute approximate surface area is 91.2 Å². The molecule has 2 atom stereocenters. The second kappa shape index (κ2) is 4.75. The molecule has 4 nitrogen and oxygen atoms in total. The van der Waals surface area contributed by atoms with Gasteiger partial charge >= 0.3 is 0 Å². The van der Waals surface area contributed by atoms with E-state index in [2.05, 4.69) is 0 Å². The number of piperidine rings is 1. The zero-order chi connectivity index (χ0) is 11.6. The van der Waals surface area contributed by atoms with E-state index >= 15 is 0 Å². The van der Waals surface area contributed by atoms with E-state index in [-0.39, 0.29) is 23.7 Å². The Morgan fingerprint density at radius 1 is 1.47 bits per heavy atom. The summed E-state index contributed by atoms with van der Waals surface area (Å²) >= 11 is 0. The number of likely N-dealkylation sites (tertiary alicyclic amines) is 1. The van der Waals surface area contributed by atoms with Crippen molar-refractivity contribution in [1.29, 1.82) is 0 Å². The van der Waals surface area contributed by atoms with Gasteiger partial charge in [-0.1, -0.05) is 6.92 Å². The second-order valence-corrected chi connectivity index (χ2v) is 4.70. The van der Waals surface area contributed by atoms with Gasteiger partial charge in [0.2, 0.25) is 5.91 Å². The van der Waals surface area contributed by atoms with E-state index in [1.54, 1.807) is 0 Å². The average Bonchev–Trinajstić information content (AvgIpc) is 2.09. The second-order valence-electron chi connectivity index (χ2n) is 4.70. The molecule has 1 fully saturated rings. The fourth-order valence-electron chi connectivity index (χ4n) is 1.89. The molecule has 0 spiro atoms. The molecule has 1 heterocycles. The summed E-state index contributed by atoms with van der Waals surface area (Å²) < 4.78 is 0. The fourth-order valence-corrected chi connectivity index (χ4v) is 1.89. The molecule has 1 rings (SSSR count). The molecule has 0 aliphatic carbocycles. The molecule has 0 saturated carbocycles. The summed E-state index contributed by atoms with van der Waals surface area (Å²) in [5, 5.41) is 0. The van der Waals surface area contributed by atoms with Crippen molar-refractivity contribution >= 4 is 11.7 Å². The zero-order valence-corrected chi connectivity index (χ0v) is 9.99. The van der Waals surface area contributed by atoms with E-state index in [1.807, 2.05) is 37.7 Å². The molecule has 1 aliphatic rings. The summed E-state index contributed by atoms with van der Waals surface area (Å²) in [5.74, 6) is 0.385. The predicted octanol–water partition coefficient (Wildman–Crippen LogP) is 0.374. The van der Waals surface area contributed by atoms with Gasteiger partial charge in [-0.2, -0.15) is 0 Å². The van der Waals surface area contributed by atoms with E-state index < -0.39 is 0 Å². The van der Waals surface area contributed by atoms with Crippen LogP contribution in [-0.4, -0.2) is 54.7 Å². The molecule has 2 unspecified atom stereocenters. The number of carbonyl (C=O) groups is 2. The number of Topliss-reactive ketones (excluding diaryl/α,β-unsaturated/α-hetero) is 1. The van der Waals surface area contributed by atoms with Crippen molar-refractivity contribution in [3.05, 3.63) is 0 Å². The Balaban J connectivity index is 2.61. The molecule has 0 aromatic carbocycles. The van der Waals surface area contributed by atoms with Gasteiger partial charge in [0, 0.05) is 24.9 Å². The van der Waals surface area contributed by atoms with Crippen LogP contribution < -0.4 is 0 Å². The molecule has 0 N–H and O–H groups in total. The molecule has 1 amide bonds. The lowest BCUT2D eigenvalue weighted by Crippen LogP contribution is -2.50. The SMILES string of the molecule is CC1CN(C(=O)CN(C)C)C(C)CC1=O. The van der Waals surface area contributed by atoms with Gasteiger partial charge in [0.15, 0.2) is 0 Å². The van der Waals surface area contributed by atoms with E-state index in [4.69, 9.17) is 0 Å². The van der Waals surface area contributed by atoms with Crippen molar-refractivity contribution in [2.75, 3.05) is 27.2 Å². The maximum absolute atomic E-state index is 11.8. The lowest BCUT2D eigenvalue weighted by atomic mass is 9.93. The Hall–Kier alpha value is -0.900. The Kier molecular flexibility index (Phi) is 3.85. The monoisotopic (exact) mass is 212 g/mol. The minimum absolute atomic E-state index is 0.00712. The number of carbonyl (C=O) groups excluding carboxylic acids is 2. The summed E-state index contributed by atoms with van der Waals surface area (Å²) in [6.45, 7) is 4.83. The molecule has 0 bridgehead atoms. The summed E-state index contributed by atoms with van der Waals surface area (Å²) in [6, 6.07) is 0.0566. The smallest absolute Gasteiger partial charge is 0.237 e. The minimum atomic E-state index is -0.00712. The van der Waals surface area contributed by atoms with Crippen molar-refractivity contribution in [3.63, 3.8) is 0 Å². The molecule has 0 aromatic heterocycles. The van der Waals surface area contributed by atoms with Crippen molar-refractivity contribution in [3.8, 4) is 0 Å². The quantitative estimate of drug-likeness (QED) is 0.664. The highest BCUT2D eigenvalue weighted by molar-refractivity contribution is 5.86. The number of nitrogens with zero attached hydrogens (tertiary/aromatic N) is 2. The summed E-state index contributed by atoms with van der Waals surface area (Å²) in [6.07, 6.45) is 0.500. The van der Waals surface area contributed by atoms with Gasteiger partial charge in [-0.3, -0.25) is 9.59 Å². The summed E-state index contributed by atoms with van der Waals surface area (Å²) in [7, 11) is 3.75. The number of amides is 1. The number of likely N-dealkylation sites (N-methyl/N-ethyl adjacent to an activating group) is 1. The van der Waals surface area contributed by atoms with Gasteiger partial charge in [-0.25, -0.2) is 0 Å². The first-order chi connectivity index (χ1) is 6.91. The molecule has 0 radical (unpaired) electrons. The molecule has 86 valence electrons. The molecule has 1 saturated heterocycles. The fraction of sp³-hybridized carbons (Fsp3) is 0.818.